The fraction of sp³-hybridized carbons (Fsp3) is 1.00. The molecule has 1 aliphatic rings. The van der Waals surface area contributed by atoms with Crippen LogP contribution in [0.1, 0.15) is 39.5 Å². The Balaban J connectivity index is 2.09. The van der Waals surface area contributed by atoms with E-state index in [1.807, 2.05) is 0 Å². The monoisotopic (exact) mass is 128 g/mol. The molecule has 1 heteroatoms. The van der Waals surface area contributed by atoms with Crippen LogP contribution >= 0.6 is 0 Å². The Morgan fingerprint density at radius 2 is 2.22 bits per heavy atom. The molecule has 1 heterocycles. The highest BCUT2D eigenvalue weighted by Crippen LogP contribution is 2.30. The molecule has 0 bridgehead atoms. The Labute approximate surface area is 57.4 Å². The van der Waals surface area contributed by atoms with Gasteiger partial charge in [-0.05, 0) is 19.8 Å². The lowest BCUT2D eigenvalue weighted by atomic mass is 9.91. The third-order valence-electron chi connectivity index (χ3n) is 2.14. The van der Waals surface area contributed by atoms with Crippen molar-refractivity contribution >= 4 is 0 Å². The zero-order valence-electron chi connectivity index (χ0n) is 6.44. The quantitative estimate of drug-likeness (QED) is 0.567. The molecule has 0 aromatic heterocycles. The Hall–Kier alpha value is -0.0400. The van der Waals surface area contributed by atoms with Crippen LogP contribution in [0.5, 0.6) is 0 Å². The lowest BCUT2D eigenvalue weighted by Gasteiger charge is -2.38. The molecule has 0 saturated carbocycles. The molecule has 9 heavy (non-hydrogen) atoms. The highest BCUT2D eigenvalue weighted by atomic mass is 16.5. The van der Waals surface area contributed by atoms with Crippen LogP contribution in [0.2, 0.25) is 0 Å². The van der Waals surface area contributed by atoms with Gasteiger partial charge in [0.15, 0.2) is 0 Å². The third-order valence-corrected chi connectivity index (χ3v) is 2.14. The van der Waals surface area contributed by atoms with E-state index in [-0.39, 0.29) is 5.60 Å². The van der Waals surface area contributed by atoms with E-state index in [4.69, 9.17) is 4.74 Å². The van der Waals surface area contributed by atoms with E-state index in [9.17, 15) is 0 Å². The molecule has 1 rings (SSSR count). The summed E-state index contributed by atoms with van der Waals surface area (Å²) in [5.41, 5.74) is 0.274. The standard InChI is InChI=1S/C8H16O/c1-3-4-5-8(2)6-7-9-8/h3-7H2,1-2H3. The van der Waals surface area contributed by atoms with Crippen molar-refractivity contribution in [1.29, 1.82) is 0 Å². The maximum absolute atomic E-state index is 5.42. The summed E-state index contributed by atoms with van der Waals surface area (Å²) in [6, 6.07) is 0. The summed E-state index contributed by atoms with van der Waals surface area (Å²) in [6.07, 6.45) is 5.13. The number of rotatable bonds is 3. The Morgan fingerprint density at radius 3 is 2.56 bits per heavy atom. The molecule has 1 saturated heterocycles. The molecule has 0 radical (unpaired) electrons. The molecule has 0 aliphatic carbocycles. The van der Waals surface area contributed by atoms with Crippen LogP contribution in [-0.4, -0.2) is 12.2 Å². The van der Waals surface area contributed by atoms with Gasteiger partial charge in [0.25, 0.3) is 0 Å². The summed E-state index contributed by atoms with van der Waals surface area (Å²) in [4.78, 5) is 0. The molecule has 1 nitrogen and oxygen atoms in total. The molecule has 54 valence electrons. The molecule has 0 N–H and O–H groups in total. The molecule has 0 aromatic carbocycles. The van der Waals surface area contributed by atoms with Gasteiger partial charge >= 0.3 is 0 Å². The van der Waals surface area contributed by atoms with Crippen molar-refractivity contribution in [2.24, 2.45) is 0 Å². The second kappa shape index (κ2) is 2.70. The fourth-order valence-electron chi connectivity index (χ4n) is 1.20. The van der Waals surface area contributed by atoms with Crippen LogP contribution < -0.4 is 0 Å². The molecular weight excluding hydrogens is 112 g/mol. The Bertz CT molecular complexity index is 84.6. The van der Waals surface area contributed by atoms with Crippen LogP contribution in [0.15, 0.2) is 0 Å². The van der Waals surface area contributed by atoms with Gasteiger partial charge in [0.2, 0.25) is 0 Å². The van der Waals surface area contributed by atoms with Crippen molar-refractivity contribution in [1.82, 2.24) is 0 Å². The first-order valence-corrected chi connectivity index (χ1v) is 3.91. The van der Waals surface area contributed by atoms with Gasteiger partial charge in [-0.2, -0.15) is 0 Å². The minimum atomic E-state index is 0.274. The van der Waals surface area contributed by atoms with Crippen molar-refractivity contribution in [3.8, 4) is 0 Å². The minimum Gasteiger partial charge on any atom is -0.375 e. The predicted octanol–water partition coefficient (Wildman–Crippen LogP) is 2.36. The zero-order chi connectivity index (χ0) is 6.74. The van der Waals surface area contributed by atoms with Crippen LogP contribution in [-0.2, 0) is 4.74 Å². The summed E-state index contributed by atoms with van der Waals surface area (Å²) < 4.78 is 5.42. The van der Waals surface area contributed by atoms with Gasteiger partial charge < -0.3 is 4.74 Å². The first kappa shape index (κ1) is 7.07. The summed E-state index contributed by atoms with van der Waals surface area (Å²) in [7, 11) is 0. The van der Waals surface area contributed by atoms with Gasteiger partial charge in [-0.25, -0.2) is 0 Å². The first-order chi connectivity index (χ1) is 4.27. The summed E-state index contributed by atoms with van der Waals surface area (Å²) in [5, 5.41) is 0. The van der Waals surface area contributed by atoms with E-state index in [1.165, 1.54) is 25.7 Å². The highest BCUT2D eigenvalue weighted by Gasteiger charge is 2.31. The van der Waals surface area contributed by atoms with Crippen LogP contribution in [0, 0.1) is 0 Å². The average Bonchev–Trinajstić information content (AvgIpc) is 1.79. The van der Waals surface area contributed by atoms with E-state index < -0.39 is 0 Å². The van der Waals surface area contributed by atoms with Gasteiger partial charge in [0.1, 0.15) is 0 Å². The normalized spacial score (nSPS) is 34.0. The molecule has 1 atom stereocenters. The Morgan fingerprint density at radius 1 is 1.56 bits per heavy atom. The van der Waals surface area contributed by atoms with Gasteiger partial charge in [0.05, 0.1) is 12.2 Å². The maximum Gasteiger partial charge on any atom is 0.0676 e. The van der Waals surface area contributed by atoms with E-state index in [1.54, 1.807) is 0 Å². The zero-order valence-corrected chi connectivity index (χ0v) is 6.44. The minimum absolute atomic E-state index is 0.274. The van der Waals surface area contributed by atoms with Gasteiger partial charge in [0, 0.05) is 0 Å². The number of hydrogen-bond acceptors (Lipinski definition) is 1. The summed E-state index contributed by atoms with van der Waals surface area (Å²) in [6.45, 7) is 5.42. The molecule has 1 unspecified atom stereocenters. The number of unbranched alkanes of at least 4 members (excludes halogenated alkanes) is 1. The lowest BCUT2D eigenvalue weighted by molar-refractivity contribution is -0.139. The van der Waals surface area contributed by atoms with Crippen LogP contribution in [0.4, 0.5) is 0 Å². The predicted molar refractivity (Wildman–Crippen MR) is 38.5 cm³/mol. The lowest BCUT2D eigenvalue weighted by Crippen LogP contribution is -2.40. The molecule has 0 amide bonds. The molecule has 0 aromatic rings. The second-order valence-electron chi connectivity index (χ2n) is 3.15. The highest BCUT2D eigenvalue weighted by molar-refractivity contribution is 4.81. The maximum atomic E-state index is 5.42. The Kier molecular flexibility index (Phi) is 2.12. The van der Waals surface area contributed by atoms with Crippen molar-refractivity contribution in [3.05, 3.63) is 0 Å². The van der Waals surface area contributed by atoms with Crippen molar-refractivity contribution in [3.63, 3.8) is 0 Å². The van der Waals surface area contributed by atoms with E-state index in [2.05, 4.69) is 13.8 Å². The van der Waals surface area contributed by atoms with Crippen molar-refractivity contribution < 1.29 is 4.74 Å². The van der Waals surface area contributed by atoms with Gasteiger partial charge in [-0.3, -0.25) is 0 Å². The molecular formula is C8H16O. The smallest absolute Gasteiger partial charge is 0.0676 e. The van der Waals surface area contributed by atoms with E-state index >= 15 is 0 Å². The van der Waals surface area contributed by atoms with Gasteiger partial charge in [-0.1, -0.05) is 19.8 Å². The van der Waals surface area contributed by atoms with E-state index in [0.717, 1.165) is 6.61 Å². The second-order valence-corrected chi connectivity index (χ2v) is 3.15. The average molecular weight is 128 g/mol. The topological polar surface area (TPSA) is 9.23 Å². The first-order valence-electron chi connectivity index (χ1n) is 3.91. The van der Waals surface area contributed by atoms with E-state index in [0.29, 0.717) is 0 Å². The SMILES string of the molecule is CCCCC1(C)CCO1. The molecule has 1 fully saturated rings. The molecule has 0 spiro atoms. The number of ether oxygens (including phenoxy) is 1. The summed E-state index contributed by atoms with van der Waals surface area (Å²) in [5.74, 6) is 0. The fourth-order valence-corrected chi connectivity index (χ4v) is 1.20. The van der Waals surface area contributed by atoms with Gasteiger partial charge in [-0.15, -0.1) is 0 Å². The summed E-state index contributed by atoms with van der Waals surface area (Å²) >= 11 is 0. The van der Waals surface area contributed by atoms with Crippen molar-refractivity contribution in [2.75, 3.05) is 6.61 Å². The largest absolute Gasteiger partial charge is 0.375 e. The van der Waals surface area contributed by atoms with Crippen LogP contribution in [0.25, 0.3) is 0 Å². The third kappa shape index (κ3) is 1.68. The molecule has 1 aliphatic heterocycles. The van der Waals surface area contributed by atoms with Crippen LogP contribution in [0.3, 0.4) is 0 Å². The number of hydrogen-bond donors (Lipinski definition) is 0. The van der Waals surface area contributed by atoms with Crippen molar-refractivity contribution in [2.45, 2.75) is 45.1 Å².